The van der Waals surface area contributed by atoms with E-state index in [1.165, 1.54) is 32.1 Å². The van der Waals surface area contributed by atoms with Crippen molar-refractivity contribution in [2.75, 3.05) is 6.54 Å². The van der Waals surface area contributed by atoms with Crippen molar-refractivity contribution in [2.45, 2.75) is 66.7 Å². The molecule has 0 saturated heterocycles. The van der Waals surface area contributed by atoms with Gasteiger partial charge in [-0.3, -0.25) is 0 Å². The molecule has 0 aromatic rings. The molecule has 1 fully saturated rings. The molecule has 0 aromatic carbocycles. The van der Waals surface area contributed by atoms with Gasteiger partial charge in [0.15, 0.2) is 0 Å². The normalized spacial score (nSPS) is 30.9. The Morgan fingerprint density at radius 1 is 1.12 bits per heavy atom. The van der Waals surface area contributed by atoms with Crippen LogP contribution in [0.1, 0.15) is 66.7 Å². The first kappa shape index (κ1) is 15.0. The minimum absolute atomic E-state index is 0.476. The van der Waals surface area contributed by atoms with Crippen molar-refractivity contribution in [1.29, 1.82) is 0 Å². The first-order valence-corrected chi connectivity index (χ1v) is 7.53. The van der Waals surface area contributed by atoms with E-state index in [1.807, 2.05) is 0 Å². The molecular formula is C16H33N. The molecule has 0 spiro atoms. The molecule has 0 radical (unpaired) electrons. The first-order valence-electron chi connectivity index (χ1n) is 7.53. The van der Waals surface area contributed by atoms with Gasteiger partial charge in [-0.25, -0.2) is 0 Å². The zero-order valence-corrected chi connectivity index (χ0v) is 12.6. The molecule has 1 heteroatoms. The number of hydrogen-bond donors (Lipinski definition) is 1. The van der Waals surface area contributed by atoms with Crippen molar-refractivity contribution in [2.24, 2.45) is 34.8 Å². The maximum absolute atomic E-state index is 5.95. The summed E-state index contributed by atoms with van der Waals surface area (Å²) in [4.78, 5) is 0. The molecule has 3 atom stereocenters. The largest absolute Gasteiger partial charge is 0.330 e. The molecule has 0 heterocycles. The quantitative estimate of drug-likeness (QED) is 0.770. The highest BCUT2D eigenvalue weighted by Gasteiger charge is 2.31. The van der Waals surface area contributed by atoms with Crippen molar-refractivity contribution in [3.8, 4) is 0 Å². The molecule has 2 N–H and O–H groups in total. The second kappa shape index (κ2) is 6.22. The van der Waals surface area contributed by atoms with Crippen LogP contribution in [0.25, 0.3) is 0 Å². The van der Waals surface area contributed by atoms with Crippen LogP contribution in [-0.4, -0.2) is 6.54 Å². The zero-order valence-electron chi connectivity index (χ0n) is 12.6. The number of hydrogen-bond acceptors (Lipinski definition) is 1. The second-order valence-electron chi connectivity index (χ2n) is 7.67. The molecule has 0 bridgehead atoms. The molecule has 102 valence electrons. The third-order valence-electron chi connectivity index (χ3n) is 4.69. The van der Waals surface area contributed by atoms with Crippen molar-refractivity contribution in [3.63, 3.8) is 0 Å². The number of nitrogens with two attached hydrogens (primary N) is 1. The van der Waals surface area contributed by atoms with Crippen LogP contribution in [0.3, 0.4) is 0 Å². The van der Waals surface area contributed by atoms with Gasteiger partial charge in [-0.1, -0.05) is 34.6 Å². The van der Waals surface area contributed by atoms with Crippen LogP contribution >= 0.6 is 0 Å². The van der Waals surface area contributed by atoms with Gasteiger partial charge < -0.3 is 5.73 Å². The summed E-state index contributed by atoms with van der Waals surface area (Å²) in [6.07, 6.45) is 6.93. The molecular weight excluding hydrogens is 206 g/mol. The molecule has 0 aromatic heterocycles. The molecule has 3 unspecified atom stereocenters. The van der Waals surface area contributed by atoms with E-state index >= 15 is 0 Å². The Hall–Kier alpha value is -0.0400. The zero-order chi connectivity index (χ0) is 13.1. The molecule has 1 nitrogen and oxygen atoms in total. The lowest BCUT2D eigenvalue weighted by molar-refractivity contribution is 0.132. The number of rotatable bonds is 4. The first-order chi connectivity index (χ1) is 7.83. The lowest BCUT2D eigenvalue weighted by Crippen LogP contribution is -2.32. The highest BCUT2D eigenvalue weighted by Crippen LogP contribution is 2.40. The van der Waals surface area contributed by atoms with Crippen molar-refractivity contribution >= 4 is 0 Å². The van der Waals surface area contributed by atoms with E-state index in [9.17, 15) is 0 Å². The fraction of sp³-hybridized carbons (Fsp3) is 1.00. The molecule has 0 aliphatic heterocycles. The third kappa shape index (κ3) is 4.99. The van der Waals surface area contributed by atoms with Crippen molar-refractivity contribution < 1.29 is 0 Å². The summed E-state index contributed by atoms with van der Waals surface area (Å²) >= 11 is 0. The van der Waals surface area contributed by atoms with Crippen LogP contribution in [0.4, 0.5) is 0 Å². The maximum atomic E-state index is 5.95. The Balaban J connectivity index is 2.51. The van der Waals surface area contributed by atoms with Crippen LogP contribution in [0.5, 0.6) is 0 Å². The van der Waals surface area contributed by atoms with E-state index in [1.54, 1.807) is 0 Å². The van der Waals surface area contributed by atoms with Crippen LogP contribution < -0.4 is 5.73 Å². The molecule has 1 rings (SSSR count). The van der Waals surface area contributed by atoms with Crippen LogP contribution in [0.15, 0.2) is 0 Å². The van der Waals surface area contributed by atoms with E-state index < -0.39 is 0 Å². The SMILES string of the molecule is CC(C)C1CCC(CN)C(CCC(C)(C)C)C1. The van der Waals surface area contributed by atoms with Gasteiger partial charge >= 0.3 is 0 Å². The molecule has 1 aliphatic rings. The van der Waals surface area contributed by atoms with E-state index in [4.69, 9.17) is 5.73 Å². The average molecular weight is 239 g/mol. The van der Waals surface area contributed by atoms with E-state index in [0.29, 0.717) is 5.41 Å². The van der Waals surface area contributed by atoms with Gasteiger partial charge in [0.1, 0.15) is 0 Å². The van der Waals surface area contributed by atoms with Crippen LogP contribution in [0.2, 0.25) is 0 Å². The van der Waals surface area contributed by atoms with E-state index in [2.05, 4.69) is 34.6 Å². The Bertz CT molecular complexity index is 214. The fourth-order valence-corrected chi connectivity index (χ4v) is 3.25. The summed E-state index contributed by atoms with van der Waals surface area (Å²) in [7, 11) is 0. The molecule has 17 heavy (non-hydrogen) atoms. The van der Waals surface area contributed by atoms with Gasteiger partial charge in [-0.05, 0) is 67.7 Å². The molecule has 1 aliphatic carbocycles. The van der Waals surface area contributed by atoms with Gasteiger partial charge in [0.25, 0.3) is 0 Å². The minimum atomic E-state index is 0.476. The second-order valence-corrected chi connectivity index (χ2v) is 7.67. The van der Waals surface area contributed by atoms with Gasteiger partial charge in [-0.15, -0.1) is 0 Å². The maximum Gasteiger partial charge on any atom is -0.00462 e. The third-order valence-corrected chi connectivity index (χ3v) is 4.69. The fourth-order valence-electron chi connectivity index (χ4n) is 3.25. The topological polar surface area (TPSA) is 26.0 Å². The van der Waals surface area contributed by atoms with Crippen molar-refractivity contribution in [3.05, 3.63) is 0 Å². The van der Waals surface area contributed by atoms with Crippen LogP contribution in [0, 0.1) is 29.1 Å². The summed E-state index contributed by atoms with van der Waals surface area (Å²) < 4.78 is 0. The van der Waals surface area contributed by atoms with E-state index in [-0.39, 0.29) is 0 Å². The summed E-state index contributed by atoms with van der Waals surface area (Å²) in [6, 6.07) is 0. The standard InChI is InChI=1S/C16H33N/c1-12(2)13-6-7-15(11-17)14(10-13)8-9-16(3,4)5/h12-15H,6-11,17H2,1-5H3. The monoisotopic (exact) mass is 239 g/mol. The van der Waals surface area contributed by atoms with E-state index in [0.717, 1.165) is 30.2 Å². The minimum Gasteiger partial charge on any atom is -0.330 e. The van der Waals surface area contributed by atoms with Gasteiger partial charge in [0.2, 0.25) is 0 Å². The Morgan fingerprint density at radius 2 is 1.76 bits per heavy atom. The lowest BCUT2D eigenvalue weighted by atomic mass is 9.68. The summed E-state index contributed by atoms with van der Waals surface area (Å²) in [5, 5.41) is 0. The highest BCUT2D eigenvalue weighted by atomic mass is 14.6. The molecule has 1 saturated carbocycles. The summed E-state index contributed by atoms with van der Waals surface area (Å²) in [5.74, 6) is 3.49. The lowest BCUT2D eigenvalue weighted by Gasteiger charge is -2.38. The predicted octanol–water partition coefficient (Wildman–Crippen LogP) is 4.46. The van der Waals surface area contributed by atoms with Gasteiger partial charge in [0, 0.05) is 0 Å². The summed E-state index contributed by atoms with van der Waals surface area (Å²) in [6.45, 7) is 12.7. The van der Waals surface area contributed by atoms with Crippen molar-refractivity contribution in [1.82, 2.24) is 0 Å². The predicted molar refractivity (Wildman–Crippen MR) is 76.9 cm³/mol. The van der Waals surface area contributed by atoms with Crippen LogP contribution in [-0.2, 0) is 0 Å². The Kier molecular flexibility index (Phi) is 5.50. The Labute approximate surface area is 109 Å². The highest BCUT2D eigenvalue weighted by molar-refractivity contribution is 4.83. The van der Waals surface area contributed by atoms with Gasteiger partial charge in [0.05, 0.1) is 0 Å². The smallest absolute Gasteiger partial charge is 0.00462 e. The Morgan fingerprint density at radius 3 is 2.24 bits per heavy atom. The average Bonchev–Trinajstić information content (AvgIpc) is 2.24. The van der Waals surface area contributed by atoms with Gasteiger partial charge in [-0.2, -0.15) is 0 Å². The molecule has 0 amide bonds. The summed E-state index contributed by atoms with van der Waals surface area (Å²) in [5.41, 5.74) is 6.43.